The summed E-state index contributed by atoms with van der Waals surface area (Å²) in [5.41, 5.74) is 0.655. The Labute approximate surface area is 102 Å². The predicted molar refractivity (Wildman–Crippen MR) is 65.8 cm³/mol. The molecule has 4 heteroatoms. The standard InChI is InChI=1S/C13H17N3O/c1-2-17-12-5-8-16(9-6-12)13-11(10-14)4-3-7-15-13/h3-4,7,12H,2,5-6,8-9H2,1H3. The van der Waals surface area contributed by atoms with Gasteiger partial charge < -0.3 is 9.64 Å². The van der Waals surface area contributed by atoms with Gasteiger partial charge in [0.05, 0.1) is 11.7 Å². The molecule has 0 amide bonds. The van der Waals surface area contributed by atoms with Crippen LogP contribution in [0, 0.1) is 11.3 Å². The SMILES string of the molecule is CCOC1CCN(c2ncccc2C#N)CC1. The fourth-order valence-electron chi connectivity index (χ4n) is 2.21. The Morgan fingerprint density at radius 1 is 1.53 bits per heavy atom. The van der Waals surface area contributed by atoms with Crippen LogP contribution in [-0.2, 0) is 4.74 Å². The second-order valence-corrected chi connectivity index (χ2v) is 4.13. The van der Waals surface area contributed by atoms with E-state index in [2.05, 4.69) is 16.0 Å². The van der Waals surface area contributed by atoms with Crippen LogP contribution in [0.2, 0.25) is 0 Å². The van der Waals surface area contributed by atoms with E-state index in [0.717, 1.165) is 38.4 Å². The highest BCUT2D eigenvalue weighted by Gasteiger charge is 2.21. The molecule has 1 aliphatic heterocycles. The summed E-state index contributed by atoms with van der Waals surface area (Å²) in [5.74, 6) is 0.810. The molecule has 1 aromatic rings. The number of nitriles is 1. The molecule has 0 aromatic carbocycles. The van der Waals surface area contributed by atoms with Crippen molar-refractivity contribution in [3.05, 3.63) is 23.9 Å². The first-order valence-electron chi connectivity index (χ1n) is 6.06. The molecule has 0 atom stereocenters. The van der Waals surface area contributed by atoms with E-state index >= 15 is 0 Å². The van der Waals surface area contributed by atoms with E-state index in [-0.39, 0.29) is 0 Å². The molecule has 1 aliphatic rings. The maximum Gasteiger partial charge on any atom is 0.146 e. The van der Waals surface area contributed by atoms with E-state index in [0.29, 0.717) is 11.7 Å². The number of nitrogens with zero attached hydrogens (tertiary/aromatic N) is 3. The summed E-state index contributed by atoms with van der Waals surface area (Å²) in [6, 6.07) is 5.81. The monoisotopic (exact) mass is 231 g/mol. The molecule has 17 heavy (non-hydrogen) atoms. The van der Waals surface area contributed by atoms with Crippen LogP contribution < -0.4 is 4.90 Å². The number of aromatic nitrogens is 1. The van der Waals surface area contributed by atoms with E-state index in [1.807, 2.05) is 13.0 Å². The van der Waals surface area contributed by atoms with Gasteiger partial charge in [0.15, 0.2) is 0 Å². The van der Waals surface area contributed by atoms with Crippen molar-refractivity contribution in [3.8, 4) is 6.07 Å². The van der Waals surface area contributed by atoms with E-state index in [1.165, 1.54) is 0 Å². The molecule has 2 heterocycles. The highest BCUT2D eigenvalue weighted by molar-refractivity contribution is 5.53. The fraction of sp³-hybridized carbons (Fsp3) is 0.538. The van der Waals surface area contributed by atoms with Gasteiger partial charge in [-0.1, -0.05) is 0 Å². The van der Waals surface area contributed by atoms with Crippen molar-refractivity contribution >= 4 is 5.82 Å². The molecule has 0 N–H and O–H groups in total. The number of hydrogen-bond acceptors (Lipinski definition) is 4. The van der Waals surface area contributed by atoms with Gasteiger partial charge in [-0.2, -0.15) is 5.26 Å². The van der Waals surface area contributed by atoms with Crippen LogP contribution in [-0.4, -0.2) is 30.8 Å². The van der Waals surface area contributed by atoms with Gasteiger partial charge in [0.2, 0.25) is 0 Å². The van der Waals surface area contributed by atoms with Crippen LogP contribution in [0.1, 0.15) is 25.3 Å². The summed E-state index contributed by atoms with van der Waals surface area (Å²) in [6.45, 7) is 4.63. The molecule has 90 valence electrons. The molecule has 2 rings (SSSR count). The number of rotatable bonds is 3. The Bertz CT molecular complexity index is 405. The Kier molecular flexibility index (Phi) is 3.94. The lowest BCUT2D eigenvalue weighted by Gasteiger charge is -2.32. The van der Waals surface area contributed by atoms with Gasteiger partial charge in [0.25, 0.3) is 0 Å². The molecule has 0 aliphatic carbocycles. The van der Waals surface area contributed by atoms with E-state index in [9.17, 15) is 0 Å². The number of piperidine rings is 1. The molecule has 1 saturated heterocycles. The number of hydrogen-bond donors (Lipinski definition) is 0. The van der Waals surface area contributed by atoms with Gasteiger partial charge >= 0.3 is 0 Å². The maximum absolute atomic E-state index is 9.04. The molecule has 0 unspecified atom stereocenters. The van der Waals surface area contributed by atoms with Crippen molar-refractivity contribution in [3.63, 3.8) is 0 Å². The Morgan fingerprint density at radius 3 is 2.94 bits per heavy atom. The highest BCUT2D eigenvalue weighted by atomic mass is 16.5. The van der Waals surface area contributed by atoms with Crippen molar-refractivity contribution in [2.45, 2.75) is 25.9 Å². The van der Waals surface area contributed by atoms with Gasteiger partial charge in [-0.05, 0) is 31.9 Å². The zero-order chi connectivity index (χ0) is 12.1. The summed E-state index contributed by atoms with van der Waals surface area (Å²) in [5, 5.41) is 9.04. The molecule has 0 radical (unpaired) electrons. The quantitative estimate of drug-likeness (QED) is 0.798. The third-order valence-electron chi connectivity index (χ3n) is 3.05. The summed E-state index contributed by atoms with van der Waals surface area (Å²) in [6.07, 6.45) is 4.13. The number of pyridine rings is 1. The predicted octanol–water partition coefficient (Wildman–Crippen LogP) is 1.96. The first-order valence-corrected chi connectivity index (χ1v) is 6.06. The van der Waals surface area contributed by atoms with E-state index in [4.69, 9.17) is 10.00 Å². The van der Waals surface area contributed by atoms with Gasteiger partial charge in [0, 0.05) is 25.9 Å². The van der Waals surface area contributed by atoms with Gasteiger partial charge in [-0.3, -0.25) is 0 Å². The molecular weight excluding hydrogens is 214 g/mol. The van der Waals surface area contributed by atoms with Crippen LogP contribution in [0.3, 0.4) is 0 Å². The van der Waals surface area contributed by atoms with Crippen LogP contribution in [0.5, 0.6) is 0 Å². The van der Waals surface area contributed by atoms with Crippen molar-refractivity contribution in [1.29, 1.82) is 5.26 Å². The number of anilines is 1. The van der Waals surface area contributed by atoms with Crippen molar-refractivity contribution < 1.29 is 4.74 Å². The normalized spacial score (nSPS) is 16.8. The second kappa shape index (κ2) is 5.65. The number of ether oxygens (including phenoxy) is 1. The second-order valence-electron chi connectivity index (χ2n) is 4.13. The summed E-state index contributed by atoms with van der Waals surface area (Å²) >= 11 is 0. The summed E-state index contributed by atoms with van der Waals surface area (Å²) in [7, 11) is 0. The topological polar surface area (TPSA) is 49.1 Å². The molecule has 0 spiro atoms. The highest BCUT2D eigenvalue weighted by Crippen LogP contribution is 2.22. The minimum atomic E-state index is 0.366. The molecule has 1 fully saturated rings. The first-order chi connectivity index (χ1) is 8.35. The lowest BCUT2D eigenvalue weighted by molar-refractivity contribution is 0.0458. The Balaban J connectivity index is 2.03. The lowest BCUT2D eigenvalue weighted by Crippen LogP contribution is -2.37. The third kappa shape index (κ3) is 2.75. The summed E-state index contributed by atoms with van der Waals surface area (Å²) in [4.78, 5) is 6.48. The van der Waals surface area contributed by atoms with Crippen molar-refractivity contribution in [2.24, 2.45) is 0 Å². The van der Waals surface area contributed by atoms with Crippen LogP contribution in [0.15, 0.2) is 18.3 Å². The first kappa shape index (κ1) is 11.9. The zero-order valence-electron chi connectivity index (χ0n) is 10.1. The van der Waals surface area contributed by atoms with E-state index < -0.39 is 0 Å². The largest absolute Gasteiger partial charge is 0.378 e. The van der Waals surface area contributed by atoms with Crippen molar-refractivity contribution in [1.82, 2.24) is 4.98 Å². The van der Waals surface area contributed by atoms with Gasteiger partial charge in [-0.25, -0.2) is 4.98 Å². The zero-order valence-corrected chi connectivity index (χ0v) is 10.1. The smallest absolute Gasteiger partial charge is 0.146 e. The molecule has 1 aromatic heterocycles. The fourth-order valence-corrected chi connectivity index (χ4v) is 2.21. The maximum atomic E-state index is 9.04. The Morgan fingerprint density at radius 2 is 2.29 bits per heavy atom. The third-order valence-corrected chi connectivity index (χ3v) is 3.05. The van der Waals surface area contributed by atoms with Gasteiger partial charge in [-0.15, -0.1) is 0 Å². The minimum Gasteiger partial charge on any atom is -0.378 e. The van der Waals surface area contributed by atoms with Gasteiger partial charge in [0.1, 0.15) is 11.9 Å². The van der Waals surface area contributed by atoms with Crippen LogP contribution >= 0.6 is 0 Å². The molecule has 4 nitrogen and oxygen atoms in total. The molecule has 0 bridgehead atoms. The van der Waals surface area contributed by atoms with Crippen LogP contribution in [0.4, 0.5) is 5.82 Å². The average Bonchev–Trinajstić information content (AvgIpc) is 2.40. The molecule has 0 saturated carbocycles. The summed E-state index contributed by atoms with van der Waals surface area (Å²) < 4.78 is 5.61. The Hall–Kier alpha value is -1.60. The van der Waals surface area contributed by atoms with E-state index in [1.54, 1.807) is 12.3 Å². The molecular formula is C13H17N3O. The van der Waals surface area contributed by atoms with Crippen molar-refractivity contribution in [2.75, 3.05) is 24.6 Å². The lowest BCUT2D eigenvalue weighted by atomic mass is 10.1. The average molecular weight is 231 g/mol. The minimum absolute atomic E-state index is 0.366. The van der Waals surface area contributed by atoms with Crippen LogP contribution in [0.25, 0.3) is 0 Å².